The number of carbonyl (C=O) groups is 1. The van der Waals surface area contributed by atoms with E-state index in [0.29, 0.717) is 12.1 Å². The largest absolute Gasteiger partial charge is 0.299 e. The fraction of sp³-hybridized carbons (Fsp3) is 0.400. The number of aromatic nitrogens is 4. The Kier molecular flexibility index (Phi) is 4.27. The van der Waals surface area contributed by atoms with Crippen molar-refractivity contribution in [3.05, 3.63) is 35.8 Å². The van der Waals surface area contributed by atoms with Gasteiger partial charge in [-0.15, -0.1) is 0 Å². The van der Waals surface area contributed by atoms with E-state index >= 15 is 0 Å². The monoisotopic (exact) mass is 398 g/mol. The van der Waals surface area contributed by atoms with Crippen molar-refractivity contribution < 1.29 is 13.6 Å². The van der Waals surface area contributed by atoms with Crippen LogP contribution >= 0.6 is 0 Å². The molecule has 0 bridgehead atoms. The second kappa shape index (κ2) is 6.84. The van der Waals surface area contributed by atoms with Crippen molar-refractivity contribution in [2.75, 3.05) is 18.9 Å². The van der Waals surface area contributed by atoms with Crippen LogP contribution in [0.25, 0.3) is 22.0 Å². The van der Waals surface area contributed by atoms with Gasteiger partial charge in [-0.1, -0.05) is 6.42 Å². The molecule has 9 heteroatoms. The molecule has 3 heterocycles. The van der Waals surface area contributed by atoms with Crippen molar-refractivity contribution in [1.29, 1.82) is 0 Å². The van der Waals surface area contributed by atoms with Gasteiger partial charge in [-0.3, -0.25) is 19.7 Å². The molecule has 150 valence electrons. The summed E-state index contributed by atoms with van der Waals surface area (Å²) >= 11 is 0. The lowest BCUT2D eigenvalue weighted by Gasteiger charge is -2.24. The van der Waals surface area contributed by atoms with Crippen LogP contribution in [0.5, 0.6) is 0 Å². The highest BCUT2D eigenvalue weighted by atomic mass is 19.1. The SMILES string of the molecule is CN1CCn2ncc(-c3cc(F)c4c(F)nc(NC(=O)C5CCC5)nc4c3)c2C1. The molecule has 5 rings (SSSR count). The molecule has 1 saturated carbocycles. The minimum absolute atomic E-state index is 0.0867. The van der Waals surface area contributed by atoms with E-state index in [2.05, 4.69) is 25.3 Å². The summed E-state index contributed by atoms with van der Waals surface area (Å²) < 4.78 is 31.1. The van der Waals surface area contributed by atoms with Crippen molar-refractivity contribution in [2.45, 2.75) is 32.4 Å². The maximum absolute atomic E-state index is 14.7. The van der Waals surface area contributed by atoms with Crippen LogP contribution < -0.4 is 5.32 Å². The maximum Gasteiger partial charge on any atom is 0.232 e. The predicted molar refractivity (Wildman–Crippen MR) is 103 cm³/mol. The Morgan fingerprint density at radius 2 is 2.03 bits per heavy atom. The van der Waals surface area contributed by atoms with Gasteiger partial charge in [0.25, 0.3) is 0 Å². The molecule has 0 atom stereocenters. The first-order chi connectivity index (χ1) is 14.0. The van der Waals surface area contributed by atoms with Crippen LogP contribution in [0.4, 0.5) is 14.7 Å². The minimum Gasteiger partial charge on any atom is -0.299 e. The third kappa shape index (κ3) is 3.15. The van der Waals surface area contributed by atoms with Gasteiger partial charge >= 0.3 is 0 Å². The fourth-order valence-corrected chi connectivity index (χ4v) is 3.88. The second-order valence-electron chi connectivity index (χ2n) is 7.77. The van der Waals surface area contributed by atoms with E-state index in [9.17, 15) is 13.6 Å². The molecular formula is C20H20F2N6O. The van der Waals surface area contributed by atoms with Crippen LogP contribution in [0.15, 0.2) is 18.3 Å². The van der Waals surface area contributed by atoms with Gasteiger partial charge in [0, 0.05) is 24.6 Å². The Morgan fingerprint density at radius 3 is 2.79 bits per heavy atom. The summed E-state index contributed by atoms with van der Waals surface area (Å²) in [5.74, 6) is -2.17. The number of benzene rings is 1. The minimum atomic E-state index is -0.986. The zero-order valence-corrected chi connectivity index (χ0v) is 16.0. The van der Waals surface area contributed by atoms with Gasteiger partial charge in [0.2, 0.25) is 17.8 Å². The summed E-state index contributed by atoms with van der Waals surface area (Å²) in [6.45, 7) is 2.34. The molecule has 3 aromatic rings. The third-order valence-corrected chi connectivity index (χ3v) is 5.79. The summed E-state index contributed by atoms with van der Waals surface area (Å²) in [6, 6.07) is 2.91. The molecule has 7 nitrogen and oxygen atoms in total. The average Bonchev–Trinajstić information content (AvgIpc) is 3.02. The summed E-state index contributed by atoms with van der Waals surface area (Å²) in [5, 5.41) is 6.67. The number of fused-ring (bicyclic) bond motifs is 2. The topological polar surface area (TPSA) is 75.9 Å². The lowest BCUT2D eigenvalue weighted by atomic mass is 9.85. The van der Waals surface area contributed by atoms with Crippen molar-refractivity contribution in [2.24, 2.45) is 5.92 Å². The quantitative estimate of drug-likeness (QED) is 0.687. The van der Waals surface area contributed by atoms with E-state index in [1.165, 1.54) is 6.07 Å². The van der Waals surface area contributed by atoms with Gasteiger partial charge in [-0.2, -0.15) is 14.5 Å². The number of amides is 1. The number of hydrogen-bond donors (Lipinski definition) is 1. The van der Waals surface area contributed by atoms with E-state index < -0.39 is 11.8 Å². The normalized spacial score (nSPS) is 17.2. The highest BCUT2D eigenvalue weighted by molar-refractivity contribution is 5.93. The number of halogens is 2. The number of rotatable bonds is 3. The van der Waals surface area contributed by atoms with Crippen molar-refractivity contribution in [1.82, 2.24) is 24.6 Å². The number of hydrogen-bond acceptors (Lipinski definition) is 5. The first-order valence-corrected chi connectivity index (χ1v) is 9.71. The zero-order chi connectivity index (χ0) is 20.1. The number of likely N-dealkylation sites (N-methyl/N-ethyl adjacent to an activating group) is 1. The van der Waals surface area contributed by atoms with Crippen LogP contribution in [0.2, 0.25) is 0 Å². The number of nitrogens with one attached hydrogen (secondary N) is 1. The fourth-order valence-electron chi connectivity index (χ4n) is 3.88. The molecule has 0 unspecified atom stereocenters. The van der Waals surface area contributed by atoms with E-state index in [-0.39, 0.29) is 28.7 Å². The van der Waals surface area contributed by atoms with Gasteiger partial charge in [0.05, 0.1) is 29.3 Å². The smallest absolute Gasteiger partial charge is 0.232 e. The van der Waals surface area contributed by atoms with Crippen molar-refractivity contribution in [3.63, 3.8) is 0 Å². The first-order valence-electron chi connectivity index (χ1n) is 9.71. The molecule has 0 spiro atoms. The molecule has 29 heavy (non-hydrogen) atoms. The van der Waals surface area contributed by atoms with Crippen LogP contribution in [-0.2, 0) is 17.9 Å². The molecule has 0 saturated heterocycles. The molecule has 1 aromatic carbocycles. The predicted octanol–water partition coefficient (Wildman–Crippen LogP) is 2.96. The van der Waals surface area contributed by atoms with E-state index in [1.807, 2.05) is 11.7 Å². The van der Waals surface area contributed by atoms with E-state index in [0.717, 1.165) is 43.6 Å². The lowest BCUT2D eigenvalue weighted by Crippen LogP contribution is -2.30. The lowest BCUT2D eigenvalue weighted by molar-refractivity contribution is -0.122. The Balaban J connectivity index is 1.56. The van der Waals surface area contributed by atoms with Gasteiger partial charge in [0.15, 0.2) is 0 Å². The van der Waals surface area contributed by atoms with Crippen LogP contribution in [0.3, 0.4) is 0 Å². The van der Waals surface area contributed by atoms with Crippen LogP contribution in [0, 0.1) is 17.7 Å². The summed E-state index contributed by atoms with van der Waals surface area (Å²) in [6.07, 6.45) is 4.32. The molecule has 1 amide bonds. The highest BCUT2D eigenvalue weighted by Crippen LogP contribution is 2.32. The number of nitrogens with zero attached hydrogens (tertiary/aromatic N) is 5. The summed E-state index contributed by atoms with van der Waals surface area (Å²) in [5.41, 5.74) is 2.45. The van der Waals surface area contributed by atoms with Crippen molar-refractivity contribution in [3.8, 4) is 11.1 Å². The standard InChI is InChI=1S/C20H20F2N6O/c1-27-5-6-28-16(10-27)13(9-23-28)12-7-14(21)17-15(8-12)24-20(25-18(17)22)26-19(29)11-3-2-4-11/h7-9,11H,2-6,10H2,1H3,(H,24,25,26,29). The summed E-state index contributed by atoms with van der Waals surface area (Å²) in [7, 11) is 2.01. The van der Waals surface area contributed by atoms with Gasteiger partial charge in [-0.05, 0) is 37.6 Å². The van der Waals surface area contributed by atoms with Gasteiger partial charge < -0.3 is 0 Å². The van der Waals surface area contributed by atoms with Gasteiger partial charge in [0.1, 0.15) is 5.82 Å². The number of carbonyl (C=O) groups excluding carboxylic acids is 1. The molecule has 2 aliphatic rings. The Morgan fingerprint density at radius 1 is 1.21 bits per heavy atom. The second-order valence-corrected chi connectivity index (χ2v) is 7.77. The van der Waals surface area contributed by atoms with Crippen LogP contribution in [0.1, 0.15) is 25.0 Å². The maximum atomic E-state index is 14.7. The Labute approximate surface area is 165 Å². The highest BCUT2D eigenvalue weighted by Gasteiger charge is 2.26. The molecule has 2 aromatic heterocycles. The zero-order valence-electron chi connectivity index (χ0n) is 16.0. The van der Waals surface area contributed by atoms with Crippen LogP contribution in [-0.4, -0.2) is 44.1 Å². The molecule has 1 aliphatic heterocycles. The Hall–Kier alpha value is -2.94. The summed E-state index contributed by atoms with van der Waals surface area (Å²) in [4.78, 5) is 22.2. The molecule has 1 aliphatic carbocycles. The Bertz CT molecular complexity index is 1120. The molecular weight excluding hydrogens is 378 g/mol. The van der Waals surface area contributed by atoms with Gasteiger partial charge in [-0.25, -0.2) is 9.37 Å². The molecule has 1 fully saturated rings. The number of anilines is 1. The van der Waals surface area contributed by atoms with E-state index in [4.69, 9.17) is 0 Å². The van der Waals surface area contributed by atoms with Crippen molar-refractivity contribution >= 4 is 22.8 Å². The third-order valence-electron chi connectivity index (χ3n) is 5.79. The molecule has 1 N–H and O–H groups in total. The first kappa shape index (κ1) is 18.1. The van der Waals surface area contributed by atoms with E-state index in [1.54, 1.807) is 12.3 Å². The molecule has 0 radical (unpaired) electrons. The average molecular weight is 398 g/mol.